The Kier molecular flexibility index (Phi) is 4.67. The Morgan fingerprint density at radius 3 is 2.61 bits per heavy atom. The van der Waals surface area contributed by atoms with Crippen LogP contribution in [0, 0.1) is 0 Å². The second-order valence-corrected chi connectivity index (χ2v) is 4.12. The molecule has 4 heteroatoms. The minimum absolute atomic E-state index is 0.691. The second kappa shape index (κ2) is 6.71. The summed E-state index contributed by atoms with van der Waals surface area (Å²) in [7, 11) is 0. The predicted molar refractivity (Wildman–Crippen MR) is 73.2 cm³/mol. The fraction of sp³-hybridized carbons (Fsp3) is 0.286. The third-order valence-corrected chi connectivity index (χ3v) is 2.74. The molecule has 2 rings (SSSR count). The Labute approximate surface area is 107 Å². The highest BCUT2D eigenvalue weighted by atomic mass is 15.2. The van der Waals surface area contributed by atoms with Gasteiger partial charge in [-0.3, -0.25) is 0 Å². The first kappa shape index (κ1) is 12.5. The molecule has 0 aliphatic carbocycles. The fourth-order valence-electron chi connectivity index (χ4n) is 1.83. The van der Waals surface area contributed by atoms with E-state index >= 15 is 0 Å². The van der Waals surface area contributed by atoms with Crippen LogP contribution in [0.2, 0.25) is 0 Å². The van der Waals surface area contributed by atoms with Gasteiger partial charge in [-0.25, -0.2) is 9.97 Å². The highest BCUT2D eigenvalue weighted by Gasteiger charge is 2.07. The van der Waals surface area contributed by atoms with Gasteiger partial charge in [0.15, 0.2) is 0 Å². The summed E-state index contributed by atoms with van der Waals surface area (Å²) in [5, 5.41) is 0. The van der Waals surface area contributed by atoms with E-state index in [0.29, 0.717) is 6.54 Å². The second-order valence-electron chi connectivity index (χ2n) is 4.12. The topological polar surface area (TPSA) is 55.0 Å². The van der Waals surface area contributed by atoms with E-state index in [1.165, 1.54) is 5.56 Å². The van der Waals surface area contributed by atoms with Crippen molar-refractivity contribution >= 4 is 5.82 Å². The zero-order valence-electron chi connectivity index (χ0n) is 10.4. The van der Waals surface area contributed by atoms with E-state index in [1.807, 2.05) is 12.1 Å². The zero-order valence-corrected chi connectivity index (χ0v) is 10.4. The van der Waals surface area contributed by atoms with Gasteiger partial charge in [-0.05, 0) is 24.6 Å². The van der Waals surface area contributed by atoms with Crippen LogP contribution in [0.1, 0.15) is 12.0 Å². The van der Waals surface area contributed by atoms with E-state index in [-0.39, 0.29) is 0 Å². The molecule has 0 saturated heterocycles. The van der Waals surface area contributed by atoms with Crippen molar-refractivity contribution in [1.29, 1.82) is 0 Å². The normalized spacial score (nSPS) is 10.3. The molecule has 0 unspecified atom stereocenters. The van der Waals surface area contributed by atoms with Crippen molar-refractivity contribution in [2.45, 2.75) is 13.0 Å². The number of aromatic nitrogens is 2. The van der Waals surface area contributed by atoms with Crippen LogP contribution in [0.4, 0.5) is 5.82 Å². The zero-order chi connectivity index (χ0) is 12.6. The number of nitrogens with two attached hydrogens (primary N) is 1. The van der Waals surface area contributed by atoms with Gasteiger partial charge < -0.3 is 10.6 Å². The van der Waals surface area contributed by atoms with Gasteiger partial charge in [0, 0.05) is 19.3 Å². The molecule has 2 N–H and O–H groups in total. The molecule has 0 fully saturated rings. The Bertz CT molecular complexity index is 444. The average Bonchev–Trinajstić information content (AvgIpc) is 2.45. The smallest absolute Gasteiger partial charge is 0.132 e. The first-order chi connectivity index (χ1) is 8.90. The Morgan fingerprint density at radius 2 is 1.94 bits per heavy atom. The fourth-order valence-corrected chi connectivity index (χ4v) is 1.83. The Balaban J connectivity index is 2.10. The molecule has 1 aromatic heterocycles. The van der Waals surface area contributed by atoms with E-state index in [4.69, 9.17) is 5.73 Å². The van der Waals surface area contributed by atoms with E-state index < -0.39 is 0 Å². The lowest BCUT2D eigenvalue weighted by atomic mass is 10.2. The minimum Gasteiger partial charge on any atom is -0.352 e. The predicted octanol–water partition coefficient (Wildman–Crippen LogP) is 1.83. The lowest BCUT2D eigenvalue weighted by Gasteiger charge is -2.23. The standard InChI is InChI=1S/C14H18N4/c15-8-4-10-18(14-7-9-16-12-17-14)11-13-5-2-1-3-6-13/h1-3,5-7,9,12H,4,8,10-11,15H2. The first-order valence-corrected chi connectivity index (χ1v) is 6.15. The maximum absolute atomic E-state index is 5.59. The number of benzene rings is 1. The maximum Gasteiger partial charge on any atom is 0.132 e. The third kappa shape index (κ3) is 3.53. The monoisotopic (exact) mass is 242 g/mol. The van der Waals surface area contributed by atoms with E-state index in [9.17, 15) is 0 Å². The number of hydrogen-bond acceptors (Lipinski definition) is 4. The van der Waals surface area contributed by atoms with Crippen LogP contribution in [-0.4, -0.2) is 23.1 Å². The van der Waals surface area contributed by atoms with Gasteiger partial charge in [-0.15, -0.1) is 0 Å². The van der Waals surface area contributed by atoms with Crippen molar-refractivity contribution in [3.05, 3.63) is 54.5 Å². The molecule has 2 aromatic rings. The molecule has 1 heterocycles. The lowest BCUT2D eigenvalue weighted by molar-refractivity contribution is 0.724. The van der Waals surface area contributed by atoms with Gasteiger partial charge in [0.25, 0.3) is 0 Å². The van der Waals surface area contributed by atoms with Crippen LogP contribution < -0.4 is 10.6 Å². The maximum atomic E-state index is 5.59. The molecule has 18 heavy (non-hydrogen) atoms. The number of rotatable bonds is 6. The molecule has 0 saturated carbocycles. The Morgan fingerprint density at radius 1 is 1.11 bits per heavy atom. The molecule has 0 aliphatic heterocycles. The molecule has 94 valence electrons. The number of anilines is 1. The molecule has 0 atom stereocenters. The lowest BCUT2D eigenvalue weighted by Crippen LogP contribution is -2.26. The number of nitrogens with zero attached hydrogens (tertiary/aromatic N) is 3. The summed E-state index contributed by atoms with van der Waals surface area (Å²) < 4.78 is 0. The number of hydrogen-bond donors (Lipinski definition) is 1. The summed E-state index contributed by atoms with van der Waals surface area (Å²) in [5.74, 6) is 0.947. The molecular weight excluding hydrogens is 224 g/mol. The molecule has 0 aliphatic rings. The van der Waals surface area contributed by atoms with Gasteiger partial charge in [-0.1, -0.05) is 30.3 Å². The van der Waals surface area contributed by atoms with E-state index in [0.717, 1.165) is 25.3 Å². The summed E-state index contributed by atoms with van der Waals surface area (Å²) in [5.41, 5.74) is 6.86. The highest BCUT2D eigenvalue weighted by Crippen LogP contribution is 2.13. The summed E-state index contributed by atoms with van der Waals surface area (Å²) in [6.07, 6.45) is 4.30. The van der Waals surface area contributed by atoms with Gasteiger partial charge >= 0.3 is 0 Å². The van der Waals surface area contributed by atoms with E-state index in [2.05, 4.69) is 39.1 Å². The molecule has 4 nitrogen and oxygen atoms in total. The van der Waals surface area contributed by atoms with Crippen molar-refractivity contribution in [2.75, 3.05) is 18.0 Å². The van der Waals surface area contributed by atoms with Crippen LogP contribution in [0.3, 0.4) is 0 Å². The summed E-state index contributed by atoms with van der Waals surface area (Å²) in [4.78, 5) is 10.5. The average molecular weight is 242 g/mol. The van der Waals surface area contributed by atoms with Gasteiger partial charge in [0.05, 0.1) is 0 Å². The van der Waals surface area contributed by atoms with Gasteiger partial charge in [-0.2, -0.15) is 0 Å². The van der Waals surface area contributed by atoms with Crippen molar-refractivity contribution in [3.8, 4) is 0 Å². The summed E-state index contributed by atoms with van der Waals surface area (Å²) in [6, 6.07) is 12.3. The van der Waals surface area contributed by atoms with Crippen LogP contribution in [0.15, 0.2) is 48.9 Å². The van der Waals surface area contributed by atoms with Crippen molar-refractivity contribution in [1.82, 2.24) is 9.97 Å². The largest absolute Gasteiger partial charge is 0.352 e. The van der Waals surface area contributed by atoms with Crippen LogP contribution >= 0.6 is 0 Å². The van der Waals surface area contributed by atoms with Crippen LogP contribution in [0.5, 0.6) is 0 Å². The minimum atomic E-state index is 0.691. The van der Waals surface area contributed by atoms with Crippen LogP contribution in [-0.2, 0) is 6.54 Å². The third-order valence-electron chi connectivity index (χ3n) is 2.74. The molecule has 0 bridgehead atoms. The van der Waals surface area contributed by atoms with E-state index in [1.54, 1.807) is 12.5 Å². The highest BCUT2D eigenvalue weighted by molar-refractivity contribution is 5.37. The molecule has 1 aromatic carbocycles. The van der Waals surface area contributed by atoms with Crippen molar-refractivity contribution in [3.63, 3.8) is 0 Å². The molecule has 0 spiro atoms. The van der Waals surface area contributed by atoms with Gasteiger partial charge in [0.1, 0.15) is 12.1 Å². The van der Waals surface area contributed by atoms with Crippen LogP contribution in [0.25, 0.3) is 0 Å². The van der Waals surface area contributed by atoms with Gasteiger partial charge in [0.2, 0.25) is 0 Å². The summed E-state index contributed by atoms with van der Waals surface area (Å²) in [6.45, 7) is 2.44. The van der Waals surface area contributed by atoms with Crippen molar-refractivity contribution < 1.29 is 0 Å². The molecule has 0 radical (unpaired) electrons. The SMILES string of the molecule is NCCCN(Cc1ccccc1)c1ccncn1. The quantitative estimate of drug-likeness (QED) is 0.839. The molecule has 0 amide bonds. The van der Waals surface area contributed by atoms with Crippen molar-refractivity contribution in [2.24, 2.45) is 5.73 Å². The summed E-state index contributed by atoms with van der Waals surface area (Å²) >= 11 is 0. The Hall–Kier alpha value is -1.94. The molecular formula is C14H18N4. The first-order valence-electron chi connectivity index (χ1n) is 6.15.